The molecule has 110 valence electrons. The van der Waals surface area contributed by atoms with Crippen LogP contribution in [0.4, 0.5) is 0 Å². The molecule has 0 aromatic carbocycles. The zero-order valence-electron chi connectivity index (χ0n) is 11.7. The van der Waals surface area contributed by atoms with Gasteiger partial charge in [0.2, 0.25) is 0 Å². The Balaban J connectivity index is 1.63. The molecule has 2 aliphatic rings. The first kappa shape index (κ1) is 14.0. The largest absolute Gasteiger partial charge is 0.392 e. The lowest BCUT2D eigenvalue weighted by molar-refractivity contribution is -0.207. The second-order valence-electron chi connectivity index (χ2n) is 5.70. The van der Waals surface area contributed by atoms with E-state index in [0.717, 1.165) is 37.2 Å². The molecule has 1 N–H and O–H groups in total. The molecule has 4 nitrogen and oxygen atoms in total. The van der Waals surface area contributed by atoms with Crippen molar-refractivity contribution in [2.45, 2.75) is 38.4 Å². The van der Waals surface area contributed by atoms with Crippen LogP contribution in [0.3, 0.4) is 0 Å². The highest BCUT2D eigenvalue weighted by Gasteiger charge is 2.56. The SMILES string of the molecule is CCOC1CC(O)C12CCN(C(=O)c1cccs1)CC2. The van der Waals surface area contributed by atoms with Crippen molar-refractivity contribution in [3.63, 3.8) is 0 Å². The third kappa shape index (κ3) is 2.18. The van der Waals surface area contributed by atoms with Gasteiger partial charge in [0.05, 0.1) is 17.1 Å². The van der Waals surface area contributed by atoms with Crippen molar-refractivity contribution in [1.29, 1.82) is 0 Å². The fraction of sp³-hybridized carbons (Fsp3) is 0.667. The van der Waals surface area contributed by atoms with E-state index in [4.69, 9.17) is 4.74 Å². The highest BCUT2D eigenvalue weighted by molar-refractivity contribution is 7.12. The summed E-state index contributed by atoms with van der Waals surface area (Å²) in [5.74, 6) is 0.122. The second-order valence-corrected chi connectivity index (χ2v) is 6.65. The van der Waals surface area contributed by atoms with Crippen molar-refractivity contribution < 1.29 is 14.6 Å². The van der Waals surface area contributed by atoms with E-state index in [1.54, 1.807) is 0 Å². The number of nitrogens with zero attached hydrogens (tertiary/aromatic N) is 1. The van der Waals surface area contributed by atoms with Crippen molar-refractivity contribution in [3.05, 3.63) is 22.4 Å². The van der Waals surface area contributed by atoms with Crippen LogP contribution in [0.2, 0.25) is 0 Å². The highest BCUT2D eigenvalue weighted by atomic mass is 32.1. The number of amides is 1. The Morgan fingerprint density at radius 3 is 2.85 bits per heavy atom. The van der Waals surface area contributed by atoms with Crippen LogP contribution in [-0.2, 0) is 4.74 Å². The highest BCUT2D eigenvalue weighted by Crippen LogP contribution is 2.51. The molecular formula is C15H21NO3S. The van der Waals surface area contributed by atoms with Gasteiger partial charge in [-0.2, -0.15) is 0 Å². The van der Waals surface area contributed by atoms with E-state index in [-0.39, 0.29) is 23.5 Å². The number of rotatable bonds is 3. The molecule has 1 aliphatic carbocycles. The Labute approximate surface area is 123 Å². The first-order valence-corrected chi connectivity index (χ1v) is 8.18. The van der Waals surface area contributed by atoms with Crippen LogP contribution in [0.5, 0.6) is 0 Å². The molecule has 1 saturated carbocycles. The van der Waals surface area contributed by atoms with E-state index >= 15 is 0 Å². The molecule has 1 saturated heterocycles. The predicted molar refractivity (Wildman–Crippen MR) is 77.9 cm³/mol. The van der Waals surface area contributed by atoms with Crippen LogP contribution in [0.1, 0.15) is 35.9 Å². The molecule has 0 radical (unpaired) electrons. The van der Waals surface area contributed by atoms with Gasteiger partial charge in [0.25, 0.3) is 5.91 Å². The molecule has 1 aromatic rings. The van der Waals surface area contributed by atoms with Crippen molar-refractivity contribution in [2.24, 2.45) is 5.41 Å². The van der Waals surface area contributed by atoms with Gasteiger partial charge in [0.15, 0.2) is 0 Å². The van der Waals surface area contributed by atoms with E-state index in [1.807, 2.05) is 29.3 Å². The van der Waals surface area contributed by atoms with Gasteiger partial charge < -0.3 is 14.7 Å². The molecule has 2 heterocycles. The van der Waals surface area contributed by atoms with Crippen LogP contribution >= 0.6 is 11.3 Å². The smallest absolute Gasteiger partial charge is 0.263 e. The molecule has 3 rings (SSSR count). The predicted octanol–water partition coefficient (Wildman–Crippen LogP) is 2.14. The third-order valence-corrected chi connectivity index (χ3v) is 5.68. The van der Waals surface area contributed by atoms with Crippen molar-refractivity contribution in [2.75, 3.05) is 19.7 Å². The molecule has 20 heavy (non-hydrogen) atoms. The molecule has 0 bridgehead atoms. The molecule has 1 aromatic heterocycles. The van der Waals surface area contributed by atoms with Gasteiger partial charge in [0, 0.05) is 31.5 Å². The second kappa shape index (κ2) is 5.47. The zero-order valence-corrected chi connectivity index (χ0v) is 12.6. The number of carbonyl (C=O) groups excluding carboxylic acids is 1. The van der Waals surface area contributed by atoms with Crippen molar-refractivity contribution in [1.82, 2.24) is 4.90 Å². The summed E-state index contributed by atoms with van der Waals surface area (Å²) in [6.07, 6.45) is 2.33. The first-order valence-electron chi connectivity index (χ1n) is 7.30. The zero-order chi connectivity index (χ0) is 14.2. The summed E-state index contributed by atoms with van der Waals surface area (Å²) < 4.78 is 5.75. The van der Waals surface area contributed by atoms with Crippen LogP contribution in [0.15, 0.2) is 17.5 Å². The summed E-state index contributed by atoms with van der Waals surface area (Å²) in [6, 6.07) is 3.78. The van der Waals surface area contributed by atoms with Crippen molar-refractivity contribution >= 4 is 17.2 Å². The number of ether oxygens (including phenoxy) is 1. The average molecular weight is 295 g/mol. The van der Waals surface area contributed by atoms with Gasteiger partial charge in [-0.3, -0.25) is 4.79 Å². The fourth-order valence-electron chi connectivity index (χ4n) is 3.50. The van der Waals surface area contributed by atoms with E-state index in [0.29, 0.717) is 6.61 Å². The normalized spacial score (nSPS) is 28.4. The van der Waals surface area contributed by atoms with Gasteiger partial charge >= 0.3 is 0 Å². The molecule has 1 amide bonds. The Kier molecular flexibility index (Phi) is 3.84. The number of aliphatic hydroxyl groups excluding tert-OH is 1. The van der Waals surface area contributed by atoms with E-state index in [1.165, 1.54) is 11.3 Å². The minimum Gasteiger partial charge on any atom is -0.392 e. The Hall–Kier alpha value is -0.910. The quantitative estimate of drug-likeness (QED) is 0.929. The average Bonchev–Trinajstić information content (AvgIpc) is 3.01. The lowest BCUT2D eigenvalue weighted by atomic mass is 9.58. The van der Waals surface area contributed by atoms with Crippen LogP contribution in [0.25, 0.3) is 0 Å². The maximum Gasteiger partial charge on any atom is 0.263 e. The summed E-state index contributed by atoms with van der Waals surface area (Å²) >= 11 is 1.49. The number of carbonyl (C=O) groups is 1. The minimum atomic E-state index is -0.266. The number of thiophene rings is 1. The number of likely N-dealkylation sites (tertiary alicyclic amines) is 1. The minimum absolute atomic E-state index is 0.109. The third-order valence-electron chi connectivity index (χ3n) is 4.82. The molecule has 1 aliphatic heterocycles. The summed E-state index contributed by atoms with van der Waals surface area (Å²) in [5.41, 5.74) is -0.109. The fourth-order valence-corrected chi connectivity index (χ4v) is 4.19. The first-order chi connectivity index (χ1) is 9.67. The molecule has 2 atom stereocenters. The van der Waals surface area contributed by atoms with Gasteiger partial charge in [0.1, 0.15) is 0 Å². The van der Waals surface area contributed by atoms with Gasteiger partial charge in [-0.25, -0.2) is 0 Å². The standard InChI is InChI=1S/C15H21NO3S/c1-2-19-13-10-12(17)15(13)5-7-16(8-6-15)14(18)11-4-3-9-20-11/h3-4,9,12-13,17H,2,5-8,10H2,1H3. The lowest BCUT2D eigenvalue weighted by Gasteiger charge is -2.56. The summed E-state index contributed by atoms with van der Waals surface area (Å²) in [4.78, 5) is 15.0. The maximum absolute atomic E-state index is 12.3. The monoisotopic (exact) mass is 295 g/mol. The van der Waals surface area contributed by atoms with E-state index in [2.05, 4.69) is 0 Å². The molecule has 1 spiro atoms. The molecule has 5 heteroatoms. The topological polar surface area (TPSA) is 49.8 Å². The number of piperidine rings is 1. The molecule has 2 fully saturated rings. The lowest BCUT2D eigenvalue weighted by Crippen LogP contribution is -2.62. The van der Waals surface area contributed by atoms with Gasteiger partial charge in [-0.1, -0.05) is 6.07 Å². The van der Waals surface area contributed by atoms with Crippen LogP contribution in [-0.4, -0.2) is 47.8 Å². The maximum atomic E-state index is 12.3. The Bertz CT molecular complexity index is 463. The summed E-state index contributed by atoms with van der Waals surface area (Å²) in [6.45, 7) is 4.12. The van der Waals surface area contributed by atoms with E-state index in [9.17, 15) is 9.90 Å². The molecular weight excluding hydrogens is 274 g/mol. The molecule has 2 unspecified atom stereocenters. The van der Waals surface area contributed by atoms with Crippen LogP contribution < -0.4 is 0 Å². The Morgan fingerprint density at radius 2 is 2.30 bits per heavy atom. The number of hydrogen-bond acceptors (Lipinski definition) is 4. The summed E-state index contributed by atoms with van der Waals surface area (Å²) in [7, 11) is 0. The Morgan fingerprint density at radius 1 is 1.55 bits per heavy atom. The van der Waals surface area contributed by atoms with E-state index < -0.39 is 0 Å². The number of hydrogen-bond donors (Lipinski definition) is 1. The summed E-state index contributed by atoms with van der Waals surface area (Å²) in [5, 5.41) is 12.1. The van der Waals surface area contributed by atoms with Gasteiger partial charge in [-0.05, 0) is 31.2 Å². The van der Waals surface area contributed by atoms with Crippen molar-refractivity contribution in [3.8, 4) is 0 Å². The number of aliphatic hydroxyl groups is 1. The van der Waals surface area contributed by atoms with Gasteiger partial charge in [-0.15, -0.1) is 11.3 Å². The van der Waals surface area contributed by atoms with Crippen LogP contribution in [0, 0.1) is 5.41 Å².